The van der Waals surface area contributed by atoms with Crippen molar-refractivity contribution in [2.24, 2.45) is 0 Å². The van der Waals surface area contributed by atoms with Gasteiger partial charge in [0.15, 0.2) is 0 Å². The van der Waals surface area contributed by atoms with Gasteiger partial charge in [-0.15, -0.1) is 10.2 Å². The van der Waals surface area contributed by atoms with Crippen LogP contribution in [0.5, 0.6) is 5.75 Å². The number of hydrogen-bond donors (Lipinski definition) is 2. The zero-order valence-corrected chi connectivity index (χ0v) is 13.3. The standard InChI is InChI=1S/C13H11F2N7O2S/c14-10(15)23-7-3-1-6(2-4-7)9-21-22-13(24-9)25-5-8-18-11(16)20-12(17)19-8/h1-4,10H,5H2,(H4,16,17,18,19,20). The molecule has 0 unspecified atom stereocenters. The average molecular weight is 367 g/mol. The molecule has 25 heavy (non-hydrogen) atoms. The van der Waals surface area contributed by atoms with Crippen molar-refractivity contribution in [3.63, 3.8) is 0 Å². The summed E-state index contributed by atoms with van der Waals surface area (Å²) in [5.74, 6) is 1.02. The summed E-state index contributed by atoms with van der Waals surface area (Å²) in [5, 5.41) is 8.06. The van der Waals surface area contributed by atoms with Crippen LogP contribution in [0.1, 0.15) is 5.82 Å². The summed E-state index contributed by atoms with van der Waals surface area (Å²) >= 11 is 1.19. The Hall–Kier alpha value is -3.02. The third-order valence-corrected chi connectivity index (χ3v) is 3.59. The Morgan fingerprint density at radius 2 is 1.72 bits per heavy atom. The Labute approximate surface area is 143 Å². The molecule has 0 spiro atoms. The molecule has 0 amide bonds. The summed E-state index contributed by atoms with van der Waals surface area (Å²) in [7, 11) is 0. The van der Waals surface area contributed by atoms with Crippen molar-refractivity contribution in [3.8, 4) is 17.2 Å². The zero-order chi connectivity index (χ0) is 17.8. The van der Waals surface area contributed by atoms with Crippen LogP contribution < -0.4 is 16.2 Å². The van der Waals surface area contributed by atoms with Crippen LogP contribution in [0, 0.1) is 0 Å². The third kappa shape index (κ3) is 4.50. The minimum absolute atomic E-state index is 0.0282. The van der Waals surface area contributed by atoms with Crippen LogP contribution in [0.15, 0.2) is 33.9 Å². The highest BCUT2D eigenvalue weighted by molar-refractivity contribution is 7.98. The van der Waals surface area contributed by atoms with Crippen molar-refractivity contribution in [1.29, 1.82) is 0 Å². The number of nitrogen functional groups attached to an aromatic ring is 2. The van der Waals surface area contributed by atoms with Gasteiger partial charge in [0.25, 0.3) is 5.22 Å². The van der Waals surface area contributed by atoms with Crippen molar-refractivity contribution in [1.82, 2.24) is 25.1 Å². The number of anilines is 2. The molecule has 12 heteroatoms. The van der Waals surface area contributed by atoms with Gasteiger partial charge in [-0.1, -0.05) is 11.8 Å². The van der Waals surface area contributed by atoms with E-state index in [-0.39, 0.29) is 28.8 Å². The molecule has 9 nitrogen and oxygen atoms in total. The van der Waals surface area contributed by atoms with Crippen LogP contribution in [-0.4, -0.2) is 31.8 Å². The van der Waals surface area contributed by atoms with Gasteiger partial charge in [-0.25, -0.2) is 0 Å². The summed E-state index contributed by atoms with van der Waals surface area (Å²) in [5.41, 5.74) is 11.5. The van der Waals surface area contributed by atoms with Gasteiger partial charge in [-0.05, 0) is 24.3 Å². The molecule has 0 saturated carbocycles. The number of benzene rings is 1. The fraction of sp³-hybridized carbons (Fsp3) is 0.154. The molecule has 2 aromatic heterocycles. The molecule has 2 heterocycles. The molecule has 3 aromatic rings. The van der Waals surface area contributed by atoms with E-state index in [1.165, 1.54) is 36.0 Å². The molecule has 0 atom stereocenters. The first kappa shape index (κ1) is 16.8. The lowest BCUT2D eigenvalue weighted by Crippen LogP contribution is -2.05. The zero-order valence-electron chi connectivity index (χ0n) is 12.5. The summed E-state index contributed by atoms with van der Waals surface area (Å²) < 4.78 is 34.0. The predicted molar refractivity (Wildman–Crippen MR) is 84.6 cm³/mol. The van der Waals surface area contributed by atoms with Gasteiger partial charge in [0.1, 0.15) is 11.6 Å². The first-order valence-corrected chi connectivity index (χ1v) is 7.75. The fourth-order valence-corrected chi connectivity index (χ4v) is 2.43. The van der Waals surface area contributed by atoms with Gasteiger partial charge < -0.3 is 20.6 Å². The fourth-order valence-electron chi connectivity index (χ4n) is 1.81. The molecule has 0 saturated heterocycles. The SMILES string of the molecule is Nc1nc(N)nc(CSc2nnc(-c3ccc(OC(F)F)cc3)o2)n1. The lowest BCUT2D eigenvalue weighted by Gasteiger charge is -2.03. The van der Waals surface area contributed by atoms with Crippen molar-refractivity contribution in [2.45, 2.75) is 17.6 Å². The number of rotatable bonds is 6. The summed E-state index contributed by atoms with van der Waals surface area (Å²) in [4.78, 5) is 11.5. The van der Waals surface area contributed by atoms with Gasteiger partial charge >= 0.3 is 6.61 Å². The van der Waals surface area contributed by atoms with E-state index < -0.39 is 6.61 Å². The van der Waals surface area contributed by atoms with Gasteiger partial charge in [0.05, 0.1) is 5.75 Å². The Balaban J connectivity index is 1.65. The van der Waals surface area contributed by atoms with Crippen LogP contribution in [0.3, 0.4) is 0 Å². The predicted octanol–water partition coefficient (Wildman–Crippen LogP) is 1.98. The van der Waals surface area contributed by atoms with Crippen LogP contribution in [0.4, 0.5) is 20.7 Å². The molecule has 0 radical (unpaired) electrons. The number of nitrogens with two attached hydrogens (primary N) is 2. The normalized spacial score (nSPS) is 11.0. The molecule has 0 aliphatic carbocycles. The van der Waals surface area contributed by atoms with Crippen molar-refractivity contribution < 1.29 is 17.9 Å². The topological polar surface area (TPSA) is 139 Å². The second-order valence-corrected chi connectivity index (χ2v) is 5.46. The number of halogens is 2. The van der Waals surface area contributed by atoms with Crippen molar-refractivity contribution in [3.05, 3.63) is 30.1 Å². The Morgan fingerprint density at radius 3 is 2.36 bits per heavy atom. The maximum Gasteiger partial charge on any atom is 0.387 e. The second kappa shape index (κ2) is 7.25. The number of ether oxygens (including phenoxy) is 1. The molecule has 4 N–H and O–H groups in total. The third-order valence-electron chi connectivity index (χ3n) is 2.77. The molecular weight excluding hydrogens is 356 g/mol. The average Bonchev–Trinajstić information content (AvgIpc) is 3.01. The maximum atomic E-state index is 12.1. The quantitative estimate of drug-likeness (QED) is 0.622. The number of aromatic nitrogens is 5. The van der Waals surface area contributed by atoms with Gasteiger partial charge in [0, 0.05) is 5.56 Å². The second-order valence-electron chi connectivity index (χ2n) is 4.53. The first-order chi connectivity index (χ1) is 12.0. The van der Waals surface area contributed by atoms with E-state index in [0.717, 1.165) is 0 Å². The molecule has 0 aliphatic rings. The van der Waals surface area contributed by atoms with E-state index >= 15 is 0 Å². The van der Waals surface area contributed by atoms with E-state index in [0.29, 0.717) is 17.1 Å². The van der Waals surface area contributed by atoms with Crippen LogP contribution >= 0.6 is 11.8 Å². The number of hydrogen-bond acceptors (Lipinski definition) is 10. The Bertz CT molecular complexity index is 840. The lowest BCUT2D eigenvalue weighted by molar-refractivity contribution is -0.0498. The summed E-state index contributed by atoms with van der Waals surface area (Å²) in [6.07, 6.45) is 0. The van der Waals surface area contributed by atoms with Gasteiger partial charge in [0.2, 0.25) is 17.8 Å². The molecule has 3 rings (SSSR count). The monoisotopic (exact) mass is 367 g/mol. The highest BCUT2D eigenvalue weighted by Crippen LogP contribution is 2.26. The molecular formula is C13H11F2N7O2S. The number of alkyl halides is 2. The van der Waals surface area contributed by atoms with Gasteiger partial charge in [-0.3, -0.25) is 0 Å². The maximum absolute atomic E-state index is 12.1. The van der Waals surface area contributed by atoms with Crippen LogP contribution in [0.2, 0.25) is 0 Å². The highest BCUT2D eigenvalue weighted by Gasteiger charge is 2.12. The molecule has 0 fully saturated rings. The smallest absolute Gasteiger partial charge is 0.387 e. The van der Waals surface area contributed by atoms with Crippen molar-refractivity contribution in [2.75, 3.05) is 11.5 Å². The van der Waals surface area contributed by atoms with Crippen molar-refractivity contribution >= 4 is 23.7 Å². The Kier molecular flexibility index (Phi) is 4.88. The van der Waals surface area contributed by atoms with E-state index in [9.17, 15) is 8.78 Å². The molecule has 0 bridgehead atoms. The number of nitrogens with zero attached hydrogens (tertiary/aromatic N) is 5. The molecule has 0 aliphatic heterocycles. The van der Waals surface area contributed by atoms with Crippen LogP contribution in [0.25, 0.3) is 11.5 Å². The van der Waals surface area contributed by atoms with E-state index in [1.807, 2.05) is 0 Å². The Morgan fingerprint density at radius 1 is 1.04 bits per heavy atom. The van der Waals surface area contributed by atoms with Gasteiger partial charge in [-0.2, -0.15) is 23.7 Å². The van der Waals surface area contributed by atoms with E-state index in [1.54, 1.807) is 0 Å². The van der Waals surface area contributed by atoms with Crippen LogP contribution in [-0.2, 0) is 5.75 Å². The number of thioether (sulfide) groups is 1. The van der Waals surface area contributed by atoms with E-state index in [4.69, 9.17) is 15.9 Å². The summed E-state index contributed by atoms with van der Waals surface area (Å²) in [6.45, 7) is -2.88. The molecule has 130 valence electrons. The minimum Gasteiger partial charge on any atom is -0.435 e. The van der Waals surface area contributed by atoms with E-state index in [2.05, 4.69) is 29.9 Å². The first-order valence-electron chi connectivity index (χ1n) is 6.77. The lowest BCUT2D eigenvalue weighted by atomic mass is 10.2. The largest absolute Gasteiger partial charge is 0.435 e. The minimum atomic E-state index is -2.88. The highest BCUT2D eigenvalue weighted by atomic mass is 32.2. The molecule has 1 aromatic carbocycles. The summed E-state index contributed by atoms with van der Waals surface area (Å²) in [6, 6.07) is 5.84.